The van der Waals surface area contributed by atoms with E-state index in [2.05, 4.69) is 93.1 Å². The number of hydrogen-bond donors (Lipinski definition) is 16. The summed E-state index contributed by atoms with van der Waals surface area (Å²) in [6, 6.07) is 79.9. The molecule has 0 fully saturated rings. The fourth-order valence-electron chi connectivity index (χ4n) is 12.9. The molecule has 1 amide bonds. The average Bonchev–Trinajstić information content (AvgIpc) is 0.791. The zero-order chi connectivity index (χ0) is 101. The van der Waals surface area contributed by atoms with Crippen molar-refractivity contribution in [2.75, 3.05) is 51.4 Å². The predicted molar refractivity (Wildman–Crippen MR) is 548 cm³/mol. The van der Waals surface area contributed by atoms with Crippen LogP contribution in [0.25, 0.3) is 11.0 Å². The predicted octanol–water partition coefficient (Wildman–Crippen LogP) is 14.0. The van der Waals surface area contributed by atoms with Gasteiger partial charge in [-0.1, -0.05) is 132 Å². The molecule has 13 aromatic rings. The van der Waals surface area contributed by atoms with Gasteiger partial charge in [-0.2, -0.15) is 20.3 Å². The molecule has 11 aromatic carbocycles. The van der Waals surface area contributed by atoms with E-state index in [4.69, 9.17) is 30.5 Å². The number of ketones is 2. The lowest BCUT2D eigenvalue weighted by molar-refractivity contribution is -0.137. The van der Waals surface area contributed by atoms with Gasteiger partial charge in [-0.05, 0) is 221 Å². The van der Waals surface area contributed by atoms with Crippen LogP contribution in [0.5, 0.6) is 17.2 Å². The van der Waals surface area contributed by atoms with Gasteiger partial charge in [-0.25, -0.2) is 26.8 Å². The number of aromatic nitrogens is 2. The molecule has 732 valence electrons. The molecule has 0 spiro atoms. The topological polar surface area (TPSA) is 563 Å². The fraction of sp³-hybridized carbons (Fsp3) is 0.186. The van der Waals surface area contributed by atoms with Gasteiger partial charge in [-0.15, -0.1) is 0 Å². The van der Waals surface area contributed by atoms with Crippen LogP contribution >= 0.6 is 15.9 Å². The van der Waals surface area contributed by atoms with Crippen molar-refractivity contribution in [3.05, 3.63) is 350 Å². The van der Waals surface area contributed by atoms with Gasteiger partial charge in [0, 0.05) is 56.3 Å². The number of para-hydroxylation sites is 5. The van der Waals surface area contributed by atoms with Gasteiger partial charge in [0.15, 0.2) is 17.4 Å². The largest absolute Gasteiger partial charge is 0.502 e. The number of guanidine groups is 2. The summed E-state index contributed by atoms with van der Waals surface area (Å²) in [4.78, 5) is 80.0. The molecule has 39 heteroatoms. The van der Waals surface area contributed by atoms with E-state index in [0.717, 1.165) is 43.9 Å². The zero-order valence-corrected chi connectivity index (χ0v) is 80.1. The summed E-state index contributed by atoms with van der Waals surface area (Å²) in [5, 5.41) is 90.5. The van der Waals surface area contributed by atoms with Crippen LogP contribution in [0, 0.1) is 0 Å². The Hall–Kier alpha value is -16.0. The van der Waals surface area contributed by atoms with Gasteiger partial charge >= 0.3 is 5.97 Å². The number of nitrogens with zero attached hydrogens (tertiary/aromatic N) is 8. The highest BCUT2D eigenvalue weighted by molar-refractivity contribution is 9.10. The number of carboxylic acids is 1. The number of aromatic hydroxyl groups is 1. The lowest BCUT2D eigenvalue weighted by atomic mass is 9.99. The second kappa shape index (κ2) is 54.2. The Morgan fingerprint density at radius 2 is 1.11 bits per heavy atom. The van der Waals surface area contributed by atoms with Gasteiger partial charge in [0.05, 0.1) is 112 Å². The van der Waals surface area contributed by atoms with Crippen LogP contribution < -0.4 is 63.3 Å². The number of carbonyl (C=O) groups excluding carboxylic acids is 3. The number of sulfonamides is 1. The number of ether oxygens (including phenoxy) is 2. The first-order chi connectivity index (χ1) is 67.9. The van der Waals surface area contributed by atoms with Gasteiger partial charge in [0.1, 0.15) is 53.7 Å². The summed E-state index contributed by atoms with van der Waals surface area (Å²) in [5.41, 5.74) is 29.0. The van der Waals surface area contributed by atoms with E-state index in [1.807, 2.05) is 141 Å². The van der Waals surface area contributed by atoms with Crippen LogP contribution in [-0.4, -0.2) is 166 Å². The lowest BCUT2D eigenvalue weighted by Gasteiger charge is -2.25. The molecule has 2 aromatic heterocycles. The third-order valence-corrected chi connectivity index (χ3v) is 24.0. The molecule has 2 heterocycles. The molecule has 0 saturated carbocycles. The Labute approximate surface area is 821 Å². The van der Waals surface area contributed by atoms with Crippen LogP contribution in [0.15, 0.2) is 344 Å². The van der Waals surface area contributed by atoms with Crippen LogP contribution in [0.2, 0.25) is 0 Å². The number of aliphatic imine (C=N–C) groups is 3. The van der Waals surface area contributed by atoms with E-state index in [-0.39, 0.29) is 106 Å². The number of Topliss-reactive ketones (excluding diaryl/α,β-unsaturated/α-hetero) is 2. The molecule has 0 aliphatic carbocycles. The molecule has 0 aliphatic rings. The third-order valence-electron chi connectivity index (χ3n) is 20.3. The average molecular weight is 2020 g/mol. The van der Waals surface area contributed by atoms with E-state index in [0.29, 0.717) is 76.8 Å². The first kappa shape index (κ1) is 107. The highest BCUT2D eigenvalue weighted by Crippen LogP contribution is 2.29. The summed E-state index contributed by atoms with van der Waals surface area (Å²) in [6.07, 6.45) is 0.641. The molecule has 141 heavy (non-hydrogen) atoms. The minimum atomic E-state index is -3.88. The van der Waals surface area contributed by atoms with Crippen molar-refractivity contribution in [1.29, 1.82) is 0 Å². The number of aliphatic carboxylic acids is 1. The molecule has 0 radical (unpaired) electrons. The van der Waals surface area contributed by atoms with Crippen molar-refractivity contribution in [1.82, 2.24) is 15.3 Å². The molecule has 0 aliphatic heterocycles. The normalized spacial score (nSPS) is 12.5. The Kier molecular flexibility index (Phi) is 41.2. The zero-order valence-electron chi connectivity index (χ0n) is 76.9. The number of aryl methyl sites for hydroxylation is 1. The van der Waals surface area contributed by atoms with E-state index in [1.54, 1.807) is 147 Å². The maximum absolute atomic E-state index is 13.1. The molecule has 13 rings (SSSR count). The van der Waals surface area contributed by atoms with Gasteiger partial charge in [-0.3, -0.25) is 54.9 Å². The van der Waals surface area contributed by atoms with Gasteiger partial charge < -0.3 is 77.1 Å². The number of anilines is 6. The van der Waals surface area contributed by atoms with Crippen LogP contribution in [0.1, 0.15) is 107 Å². The van der Waals surface area contributed by atoms with Crippen molar-refractivity contribution in [3.8, 4) is 17.2 Å². The van der Waals surface area contributed by atoms with Crippen LogP contribution in [0.3, 0.4) is 0 Å². The number of sulfone groups is 1. The Balaban J connectivity index is 0.000000195. The van der Waals surface area contributed by atoms with Crippen molar-refractivity contribution >= 4 is 146 Å². The Morgan fingerprint density at radius 3 is 1.67 bits per heavy atom. The van der Waals surface area contributed by atoms with E-state index >= 15 is 0 Å². The number of halogens is 1. The maximum Gasteiger partial charge on any atom is 0.303 e. The number of amides is 1. The first-order valence-corrected chi connectivity index (χ1v) is 47.8. The SMILES string of the molecule is CC(=O)CNC(=O)c1ccc(NCc2oc(CO)c(CCc3ccc(C(=O)CCC(=O)O)cc3)c(=O)c2O)cc1.CCOc1ccccc1/C=N/Nc1ccc(S(=O)(=O)c2ccc(N/N=C/c3ccccc3OCC)cc2)cc1.CC[C@@H](O)[C@@H](O)[C@H](O)[C@H](O)/C(C=NCc1ccccc1)=N/Nc1ccccc1.NC(=Nc1ccc(S(=O)(=O)Nc2cnc3ccccc3n2)cc1)N=C(N)Nc1ccc(Br)cc1. The van der Waals surface area contributed by atoms with Crippen LogP contribution in [0.4, 0.5) is 39.9 Å². The molecular weight excluding hydrogens is 1910 g/mol. The molecule has 4 atom stereocenters. The third kappa shape index (κ3) is 33.7. The van der Waals surface area contributed by atoms with Gasteiger partial charge in [0.2, 0.25) is 32.9 Å². The molecule has 0 saturated heterocycles. The van der Waals surface area contributed by atoms with Gasteiger partial charge in [0.25, 0.3) is 15.9 Å². The van der Waals surface area contributed by atoms with E-state index in [9.17, 15) is 71.4 Å². The number of hydrogen-bond acceptors (Lipinski definition) is 29. The van der Waals surface area contributed by atoms with E-state index in [1.165, 1.54) is 43.6 Å². The second-order valence-corrected chi connectivity index (χ2v) is 35.2. The number of rotatable bonds is 41. The summed E-state index contributed by atoms with van der Waals surface area (Å²) in [7, 11) is -7.57. The minimum absolute atomic E-state index is 0.0255. The number of aliphatic hydroxyl groups excluding tert-OH is 5. The van der Waals surface area contributed by atoms with Crippen molar-refractivity contribution < 1.29 is 85.7 Å². The second-order valence-electron chi connectivity index (χ2n) is 30.6. The molecule has 0 unspecified atom stereocenters. The standard InChI is InChI=1S/C30H30N4O4S.C29H30N2O9.C22H19BrN8O2S.C21H27N3O4/c1-3-37-29-11-7-5-9-23(29)21-31-33-25-13-17-27(18-14-25)39(35,36)28-19-15-26(16-20-28)34-32-22-24-10-6-8-12-30(24)38-4-2;1-17(33)14-31-29(39)20-7-9-21(10-8-20)30-15-24-28(38)27(37)22(25(16-32)40-24)11-4-18-2-5-19(6-3-18)23(34)12-13-26(35)36;23-14-5-7-15(8-6-14)27-21(24)30-22(25)28-16-9-11-17(12-10-16)34(32,33)31-20-13-26-18-3-1-2-4-19(18)29-20;1-2-18(25)20(27)21(28)19(26)17(24-23-16-11-7-4-8-12-16)14-22-13-15-9-5-3-6-10-15/h5-22,33-34H,3-4H2,1-2H3;2-3,5-10,30,32,38H,4,11-16H2,1H3,(H,31,39)(H,35,36);1-13H,(H,29,31)(H5,24,25,27,28,30);3-12,14,18-21,23,25-28H,2,13H2,1H3/b31-21+,32-22+;;;22-14?,24-17+/t;;;18-,19-,20-,21-/m...1/s1. The first-order valence-electron chi connectivity index (χ1n) is 44.0. The number of aliphatic hydroxyl groups is 5. The summed E-state index contributed by atoms with van der Waals surface area (Å²) in [5.74, 6) is -0.943. The number of nitrogens with one attached hydrogen (secondary N) is 7. The Bertz CT molecular complexity index is 6730. The van der Waals surface area contributed by atoms with E-state index < -0.39 is 73.9 Å². The van der Waals surface area contributed by atoms with Crippen molar-refractivity contribution in [3.63, 3.8) is 0 Å². The highest BCUT2D eigenvalue weighted by Gasteiger charge is 2.33. The van der Waals surface area contributed by atoms with Crippen molar-refractivity contribution in [2.24, 2.45) is 41.7 Å². The monoisotopic (exact) mass is 2020 g/mol. The number of nitrogens with two attached hydrogens (primary N) is 2. The number of fused-ring (bicyclic) bond motifs is 1. The maximum atomic E-state index is 13.1. The number of carbonyl (C=O) groups is 4. The number of carboxylic acid groups (broad SMARTS) is 1. The van der Waals surface area contributed by atoms with Crippen LogP contribution in [-0.2, 0) is 62.0 Å². The molecule has 36 nitrogen and oxygen atoms in total. The summed E-state index contributed by atoms with van der Waals surface area (Å²) in [6.45, 7) is 7.69. The molecule has 0 bridgehead atoms. The highest BCUT2D eigenvalue weighted by atomic mass is 79.9. The lowest BCUT2D eigenvalue weighted by Crippen LogP contribution is -2.48. The Morgan fingerprint density at radius 1 is 0.574 bits per heavy atom. The number of hydrazone groups is 3. The quantitative estimate of drug-likeness (QED) is 0.00732. The smallest absolute Gasteiger partial charge is 0.303 e. The summed E-state index contributed by atoms with van der Waals surface area (Å²) >= 11 is 3.36. The minimum Gasteiger partial charge on any atom is -0.502 e. The number of benzene rings is 11. The van der Waals surface area contributed by atoms with Crippen molar-refractivity contribution in [2.45, 2.75) is 119 Å². The fourth-order valence-corrected chi connectivity index (χ4v) is 15.4. The summed E-state index contributed by atoms with van der Waals surface area (Å²) < 4.78 is 71.9. The molecular formula is C102H106BrN17O19S2. The molecule has 18 N–H and O–H groups in total.